The quantitative estimate of drug-likeness (QED) is 0.748. The van der Waals surface area contributed by atoms with E-state index in [9.17, 15) is 18.0 Å². The number of hydrogen-bond donors (Lipinski definition) is 0. The Bertz CT molecular complexity index is 346. The third-order valence-electron chi connectivity index (χ3n) is 1.94. The molecular weight excluding hydrogens is 221 g/mol. The molecule has 1 aromatic carbocycles. The molecule has 1 rings (SSSR count). The zero-order chi connectivity index (χ0) is 12.2. The van der Waals surface area contributed by atoms with Gasteiger partial charge in [0.15, 0.2) is 0 Å². The van der Waals surface area contributed by atoms with Crippen LogP contribution in [0.4, 0.5) is 13.2 Å². The van der Waals surface area contributed by atoms with Crippen molar-refractivity contribution in [3.05, 3.63) is 35.9 Å². The topological polar surface area (TPSA) is 26.3 Å². The molecule has 2 nitrogen and oxygen atoms in total. The number of hydrogen-bond acceptors (Lipinski definition) is 2. The highest BCUT2D eigenvalue weighted by Gasteiger charge is 2.43. The van der Waals surface area contributed by atoms with Crippen LogP contribution in [0, 0.1) is 0 Å². The molecule has 1 unspecified atom stereocenters. The molecule has 0 aliphatic heterocycles. The van der Waals surface area contributed by atoms with E-state index in [0.29, 0.717) is 0 Å². The number of esters is 1. The molecule has 0 N–H and O–H groups in total. The fourth-order valence-electron chi connectivity index (χ4n) is 1.17. The van der Waals surface area contributed by atoms with Crippen molar-refractivity contribution in [2.45, 2.75) is 25.6 Å². The molecule has 1 aromatic rings. The van der Waals surface area contributed by atoms with Gasteiger partial charge in [-0.25, -0.2) is 0 Å². The summed E-state index contributed by atoms with van der Waals surface area (Å²) in [5.74, 6) is -0.869. The van der Waals surface area contributed by atoms with Crippen molar-refractivity contribution in [2.24, 2.45) is 0 Å². The van der Waals surface area contributed by atoms with Crippen LogP contribution in [-0.4, -0.2) is 12.1 Å². The summed E-state index contributed by atoms with van der Waals surface area (Å²) < 4.78 is 42.3. The van der Waals surface area contributed by atoms with Gasteiger partial charge in [-0.15, -0.1) is 0 Å². The van der Waals surface area contributed by atoms with E-state index in [4.69, 9.17) is 0 Å². The van der Waals surface area contributed by atoms with Crippen molar-refractivity contribution >= 4 is 5.97 Å². The van der Waals surface area contributed by atoms with E-state index < -0.39 is 18.2 Å². The van der Waals surface area contributed by atoms with E-state index >= 15 is 0 Å². The molecule has 0 aromatic heterocycles. The summed E-state index contributed by atoms with van der Waals surface area (Å²) in [7, 11) is 0. The smallest absolute Gasteiger partial charge is 0.429 e. The standard InChI is InChI=1S/C11H11F3O2/c1-2-9(15)16-10(11(12,13)14)8-6-4-3-5-7-8/h3-7,10H,2H2,1H3. The van der Waals surface area contributed by atoms with Crippen LogP contribution in [0.25, 0.3) is 0 Å². The van der Waals surface area contributed by atoms with Crippen molar-refractivity contribution < 1.29 is 22.7 Å². The normalized spacial score (nSPS) is 13.2. The van der Waals surface area contributed by atoms with Gasteiger partial charge in [0.1, 0.15) is 0 Å². The first-order valence-electron chi connectivity index (χ1n) is 4.76. The molecule has 0 aliphatic carbocycles. The van der Waals surface area contributed by atoms with Crippen LogP contribution < -0.4 is 0 Å². The fraction of sp³-hybridized carbons (Fsp3) is 0.364. The number of benzene rings is 1. The minimum Gasteiger partial charge on any atom is -0.448 e. The van der Waals surface area contributed by atoms with E-state index in [1.807, 2.05) is 0 Å². The van der Waals surface area contributed by atoms with Crippen LogP contribution in [0.3, 0.4) is 0 Å². The molecule has 0 heterocycles. The molecule has 0 saturated carbocycles. The average molecular weight is 232 g/mol. The summed E-state index contributed by atoms with van der Waals surface area (Å²) in [4.78, 5) is 10.9. The Morgan fingerprint density at radius 2 is 1.88 bits per heavy atom. The minimum absolute atomic E-state index is 0.0724. The molecular formula is C11H11F3O2. The molecule has 0 saturated heterocycles. The number of rotatable bonds is 3. The van der Waals surface area contributed by atoms with Crippen LogP contribution in [-0.2, 0) is 9.53 Å². The molecule has 0 amide bonds. The number of halogens is 3. The molecule has 0 radical (unpaired) electrons. The molecule has 0 fully saturated rings. The number of carbonyl (C=O) groups is 1. The second-order valence-corrected chi connectivity index (χ2v) is 3.18. The van der Waals surface area contributed by atoms with E-state index in [0.717, 1.165) is 0 Å². The van der Waals surface area contributed by atoms with E-state index in [1.54, 1.807) is 6.07 Å². The molecule has 1 atom stereocenters. The van der Waals surface area contributed by atoms with Crippen molar-refractivity contribution in [1.29, 1.82) is 0 Å². The number of ether oxygens (including phenoxy) is 1. The first-order chi connectivity index (χ1) is 7.45. The first kappa shape index (κ1) is 12.5. The van der Waals surface area contributed by atoms with Gasteiger partial charge in [-0.05, 0) is 0 Å². The Labute approximate surface area is 91.0 Å². The Hall–Kier alpha value is -1.52. The summed E-state index contributed by atoms with van der Waals surface area (Å²) in [5, 5.41) is 0. The zero-order valence-corrected chi connectivity index (χ0v) is 8.62. The molecule has 5 heteroatoms. The predicted molar refractivity (Wildman–Crippen MR) is 51.6 cm³/mol. The molecule has 0 spiro atoms. The summed E-state index contributed by atoms with van der Waals surface area (Å²) in [6.45, 7) is 1.45. The van der Waals surface area contributed by atoms with Gasteiger partial charge < -0.3 is 4.74 Å². The van der Waals surface area contributed by atoms with Crippen LogP contribution in [0.15, 0.2) is 30.3 Å². The highest BCUT2D eigenvalue weighted by Crippen LogP contribution is 2.35. The van der Waals surface area contributed by atoms with Crippen molar-refractivity contribution in [1.82, 2.24) is 0 Å². The molecule has 16 heavy (non-hydrogen) atoms. The number of carbonyl (C=O) groups excluding carboxylic acids is 1. The molecule has 88 valence electrons. The predicted octanol–water partition coefficient (Wildman–Crippen LogP) is 3.24. The van der Waals surface area contributed by atoms with Crippen molar-refractivity contribution in [3.63, 3.8) is 0 Å². The van der Waals surface area contributed by atoms with Gasteiger partial charge in [0.2, 0.25) is 6.10 Å². The van der Waals surface area contributed by atoms with Gasteiger partial charge >= 0.3 is 12.1 Å². The van der Waals surface area contributed by atoms with E-state index in [-0.39, 0.29) is 12.0 Å². The Morgan fingerprint density at radius 3 is 2.31 bits per heavy atom. The lowest BCUT2D eigenvalue weighted by molar-refractivity contribution is -0.224. The Kier molecular flexibility index (Phi) is 3.93. The highest BCUT2D eigenvalue weighted by atomic mass is 19.4. The second kappa shape index (κ2) is 5.01. The maximum atomic E-state index is 12.6. The van der Waals surface area contributed by atoms with Gasteiger partial charge in [0, 0.05) is 12.0 Å². The third-order valence-corrected chi connectivity index (χ3v) is 1.94. The SMILES string of the molecule is CCC(=O)OC(c1ccccc1)C(F)(F)F. The molecule has 0 bridgehead atoms. The largest absolute Gasteiger partial charge is 0.448 e. The first-order valence-corrected chi connectivity index (χ1v) is 4.76. The van der Waals surface area contributed by atoms with Gasteiger partial charge in [-0.2, -0.15) is 13.2 Å². The van der Waals surface area contributed by atoms with Crippen molar-refractivity contribution in [2.75, 3.05) is 0 Å². The van der Waals surface area contributed by atoms with E-state index in [2.05, 4.69) is 4.74 Å². The van der Waals surface area contributed by atoms with E-state index in [1.165, 1.54) is 31.2 Å². The van der Waals surface area contributed by atoms with Gasteiger partial charge in [-0.1, -0.05) is 37.3 Å². The van der Waals surface area contributed by atoms with Crippen LogP contribution in [0.1, 0.15) is 25.0 Å². The van der Waals surface area contributed by atoms with Crippen LogP contribution in [0.2, 0.25) is 0 Å². The van der Waals surface area contributed by atoms with Crippen LogP contribution >= 0.6 is 0 Å². The Morgan fingerprint density at radius 1 is 1.31 bits per heavy atom. The third kappa shape index (κ3) is 3.25. The van der Waals surface area contributed by atoms with Crippen molar-refractivity contribution in [3.8, 4) is 0 Å². The molecule has 0 aliphatic rings. The lowest BCUT2D eigenvalue weighted by Crippen LogP contribution is -2.25. The lowest BCUT2D eigenvalue weighted by atomic mass is 10.1. The highest BCUT2D eigenvalue weighted by molar-refractivity contribution is 5.69. The summed E-state index contributed by atoms with van der Waals surface area (Å²) >= 11 is 0. The Balaban J connectivity index is 2.93. The van der Waals surface area contributed by atoms with Crippen LogP contribution in [0.5, 0.6) is 0 Å². The average Bonchev–Trinajstić information content (AvgIpc) is 2.25. The monoisotopic (exact) mass is 232 g/mol. The lowest BCUT2D eigenvalue weighted by Gasteiger charge is -2.20. The summed E-state index contributed by atoms with van der Waals surface area (Å²) in [6, 6.07) is 7.09. The zero-order valence-electron chi connectivity index (χ0n) is 8.62. The maximum Gasteiger partial charge on any atom is 0.429 e. The maximum absolute atomic E-state index is 12.6. The second-order valence-electron chi connectivity index (χ2n) is 3.18. The van der Waals surface area contributed by atoms with Gasteiger partial charge in [0.25, 0.3) is 0 Å². The summed E-state index contributed by atoms with van der Waals surface area (Å²) in [5.41, 5.74) is -0.0724. The van der Waals surface area contributed by atoms with Gasteiger partial charge in [-0.3, -0.25) is 4.79 Å². The minimum atomic E-state index is -4.59. The fourth-order valence-corrected chi connectivity index (χ4v) is 1.17. The summed E-state index contributed by atoms with van der Waals surface area (Å²) in [6.07, 6.45) is -6.85. The number of alkyl halides is 3. The van der Waals surface area contributed by atoms with Gasteiger partial charge in [0.05, 0.1) is 0 Å².